The topological polar surface area (TPSA) is 95.3 Å². The van der Waals surface area contributed by atoms with Gasteiger partial charge in [0.25, 0.3) is 0 Å². The molecule has 0 radical (unpaired) electrons. The van der Waals surface area contributed by atoms with Crippen molar-refractivity contribution in [1.29, 1.82) is 0 Å². The average Bonchev–Trinajstić information content (AvgIpc) is 3.12. The van der Waals surface area contributed by atoms with Gasteiger partial charge in [0.15, 0.2) is 15.5 Å². The highest BCUT2D eigenvalue weighted by molar-refractivity contribution is 7.90. The summed E-state index contributed by atoms with van der Waals surface area (Å²) in [6.07, 6.45) is -4.20. The van der Waals surface area contributed by atoms with Gasteiger partial charge in [-0.3, -0.25) is 0 Å². The van der Waals surface area contributed by atoms with Crippen molar-refractivity contribution in [3.8, 4) is 22.7 Å². The lowest BCUT2D eigenvalue weighted by Gasteiger charge is -2.11. The van der Waals surface area contributed by atoms with E-state index in [0.717, 1.165) is 42.7 Å². The van der Waals surface area contributed by atoms with Crippen LogP contribution in [0, 0.1) is 5.82 Å². The lowest BCUT2D eigenvalue weighted by atomic mass is 10.1. The summed E-state index contributed by atoms with van der Waals surface area (Å²) in [5.41, 5.74) is -7.81. The summed E-state index contributed by atoms with van der Waals surface area (Å²) in [7, 11) is -9.94. The molecule has 3 aromatic rings. The van der Waals surface area contributed by atoms with Crippen LogP contribution in [0.3, 0.4) is 0 Å². The molecular formula is C18H11F7N2O5S2. The summed E-state index contributed by atoms with van der Waals surface area (Å²) in [4.78, 5) is -0.701. The van der Waals surface area contributed by atoms with Crippen molar-refractivity contribution in [3.05, 3.63) is 60.0 Å². The van der Waals surface area contributed by atoms with Crippen molar-refractivity contribution in [3.63, 3.8) is 0 Å². The number of alkyl halides is 6. The second-order valence-electron chi connectivity index (χ2n) is 6.72. The fraction of sp³-hybridized carbons (Fsp3) is 0.167. The highest BCUT2D eigenvalue weighted by Crippen LogP contribution is 2.35. The molecule has 184 valence electrons. The molecule has 0 N–H and O–H groups in total. The number of benzene rings is 2. The van der Waals surface area contributed by atoms with Crippen molar-refractivity contribution in [2.75, 3.05) is 6.26 Å². The Labute approximate surface area is 187 Å². The fourth-order valence-electron chi connectivity index (χ4n) is 2.70. The molecule has 0 aliphatic rings. The minimum atomic E-state index is -5.97. The number of hydrogen-bond donors (Lipinski definition) is 0. The summed E-state index contributed by atoms with van der Waals surface area (Å²) in [5.74, 6) is -2.03. The van der Waals surface area contributed by atoms with Crippen LogP contribution in [-0.2, 0) is 26.1 Å². The summed E-state index contributed by atoms with van der Waals surface area (Å²) < 4.78 is 141. The molecule has 0 aliphatic carbocycles. The van der Waals surface area contributed by atoms with E-state index in [1.807, 2.05) is 0 Å². The van der Waals surface area contributed by atoms with E-state index in [0.29, 0.717) is 16.8 Å². The Kier molecular flexibility index (Phi) is 6.19. The normalized spacial score (nSPS) is 13.2. The molecule has 0 saturated carbocycles. The van der Waals surface area contributed by atoms with Gasteiger partial charge in [0.2, 0.25) is 0 Å². The minimum absolute atomic E-state index is 0.0904. The van der Waals surface area contributed by atoms with E-state index in [-0.39, 0.29) is 16.9 Å². The molecule has 0 aliphatic heterocycles. The zero-order chi connectivity index (χ0) is 25.7. The van der Waals surface area contributed by atoms with Crippen LogP contribution in [-0.4, -0.2) is 38.4 Å². The standard InChI is InChI=1S/C18H11F7N2O5S2/c1-33(28,29)15-7-4-11(8-13(15)19)27-14(9-16(26-27)17(20,21)22)10-2-5-12(6-3-10)32-34(30,31)18(23,24)25/h2-9H,1H3. The molecule has 0 unspecified atom stereocenters. The van der Waals surface area contributed by atoms with Gasteiger partial charge in [-0.1, -0.05) is 0 Å². The van der Waals surface area contributed by atoms with Gasteiger partial charge in [-0.2, -0.15) is 39.9 Å². The van der Waals surface area contributed by atoms with Gasteiger partial charge in [-0.05, 0) is 42.5 Å². The van der Waals surface area contributed by atoms with Gasteiger partial charge >= 0.3 is 21.8 Å². The maximum atomic E-state index is 14.3. The maximum absolute atomic E-state index is 14.3. The Morgan fingerprint density at radius 2 is 1.47 bits per heavy atom. The number of nitrogens with zero attached hydrogens (tertiary/aromatic N) is 2. The molecule has 2 aromatic carbocycles. The molecule has 3 rings (SSSR count). The van der Waals surface area contributed by atoms with Crippen molar-refractivity contribution in [1.82, 2.24) is 9.78 Å². The van der Waals surface area contributed by atoms with Crippen LogP contribution in [0.4, 0.5) is 30.7 Å². The Bertz CT molecular complexity index is 1440. The summed E-state index contributed by atoms with van der Waals surface area (Å²) in [6.45, 7) is 0. The highest BCUT2D eigenvalue weighted by atomic mass is 32.2. The number of rotatable bonds is 5. The molecule has 0 spiro atoms. The van der Waals surface area contributed by atoms with Gasteiger partial charge in [0.1, 0.15) is 16.5 Å². The van der Waals surface area contributed by atoms with E-state index in [1.165, 1.54) is 0 Å². The van der Waals surface area contributed by atoms with Crippen molar-refractivity contribution < 1.29 is 51.8 Å². The van der Waals surface area contributed by atoms with Crippen LogP contribution in [0.5, 0.6) is 5.75 Å². The first kappa shape index (κ1) is 25.5. The lowest BCUT2D eigenvalue weighted by molar-refractivity contribution is -0.141. The third-order valence-electron chi connectivity index (χ3n) is 4.20. The van der Waals surface area contributed by atoms with E-state index in [9.17, 15) is 47.6 Å². The third kappa shape index (κ3) is 5.16. The van der Waals surface area contributed by atoms with Gasteiger partial charge < -0.3 is 4.18 Å². The van der Waals surface area contributed by atoms with Crippen molar-refractivity contribution in [2.45, 2.75) is 16.6 Å². The van der Waals surface area contributed by atoms with Gasteiger partial charge in [-0.15, -0.1) is 0 Å². The molecule has 0 amide bonds. The molecule has 1 heterocycles. The third-order valence-corrected chi connectivity index (χ3v) is 6.31. The Morgan fingerprint density at radius 1 is 0.882 bits per heavy atom. The molecule has 0 fully saturated rings. The molecular weight excluding hydrogens is 521 g/mol. The number of aromatic nitrogens is 2. The smallest absolute Gasteiger partial charge is 0.376 e. The Balaban J connectivity index is 2.09. The van der Waals surface area contributed by atoms with Crippen LogP contribution in [0.15, 0.2) is 53.4 Å². The van der Waals surface area contributed by atoms with Crippen LogP contribution >= 0.6 is 0 Å². The number of halogens is 7. The predicted octanol–water partition coefficient (Wildman–Crippen LogP) is 4.33. The van der Waals surface area contributed by atoms with E-state index in [4.69, 9.17) is 0 Å². The summed E-state index contributed by atoms with van der Waals surface area (Å²) >= 11 is 0. The van der Waals surface area contributed by atoms with E-state index in [1.54, 1.807) is 0 Å². The van der Waals surface area contributed by atoms with Crippen LogP contribution in [0.1, 0.15) is 5.69 Å². The average molecular weight is 532 g/mol. The largest absolute Gasteiger partial charge is 0.534 e. The lowest BCUT2D eigenvalue weighted by Crippen LogP contribution is -2.28. The quantitative estimate of drug-likeness (QED) is 0.276. The Morgan fingerprint density at radius 3 is 1.94 bits per heavy atom. The second kappa shape index (κ2) is 8.26. The molecule has 1 aromatic heterocycles. The fourth-order valence-corrected chi connectivity index (χ4v) is 3.89. The van der Waals surface area contributed by atoms with E-state index >= 15 is 0 Å². The van der Waals surface area contributed by atoms with Gasteiger partial charge in [-0.25, -0.2) is 17.5 Å². The number of hydrogen-bond acceptors (Lipinski definition) is 6. The van der Waals surface area contributed by atoms with Crippen molar-refractivity contribution in [2.24, 2.45) is 0 Å². The van der Waals surface area contributed by atoms with Gasteiger partial charge in [0.05, 0.1) is 11.4 Å². The highest BCUT2D eigenvalue weighted by Gasteiger charge is 2.48. The SMILES string of the molecule is CS(=O)(=O)c1ccc(-n2nc(C(F)(F)F)cc2-c2ccc(OS(=O)(=O)C(F)(F)F)cc2)cc1F. The van der Waals surface area contributed by atoms with Crippen LogP contribution < -0.4 is 4.18 Å². The second-order valence-corrected chi connectivity index (χ2v) is 10.2. The first-order valence-electron chi connectivity index (χ1n) is 8.68. The van der Waals surface area contributed by atoms with Crippen LogP contribution in [0.25, 0.3) is 16.9 Å². The molecule has 0 bridgehead atoms. The summed E-state index contributed by atoms with van der Waals surface area (Å²) in [6, 6.07) is 6.46. The maximum Gasteiger partial charge on any atom is 0.534 e. The zero-order valence-corrected chi connectivity index (χ0v) is 18.1. The minimum Gasteiger partial charge on any atom is -0.376 e. The summed E-state index contributed by atoms with van der Waals surface area (Å²) in [5, 5.41) is 3.37. The monoisotopic (exact) mass is 532 g/mol. The van der Waals surface area contributed by atoms with Gasteiger partial charge in [0, 0.05) is 17.9 Å². The predicted molar refractivity (Wildman–Crippen MR) is 103 cm³/mol. The molecule has 34 heavy (non-hydrogen) atoms. The van der Waals surface area contributed by atoms with Crippen LogP contribution in [0.2, 0.25) is 0 Å². The number of sulfone groups is 1. The first-order chi connectivity index (χ1) is 15.4. The zero-order valence-electron chi connectivity index (χ0n) is 16.5. The van der Waals surface area contributed by atoms with E-state index in [2.05, 4.69) is 9.28 Å². The van der Waals surface area contributed by atoms with Crippen molar-refractivity contribution >= 4 is 20.0 Å². The Hall–Kier alpha value is -3.14. The molecule has 7 nitrogen and oxygen atoms in total. The molecule has 0 atom stereocenters. The van der Waals surface area contributed by atoms with E-state index < -0.39 is 53.8 Å². The molecule has 16 heteroatoms. The molecule has 0 saturated heterocycles. The first-order valence-corrected chi connectivity index (χ1v) is 12.0.